The predicted molar refractivity (Wildman–Crippen MR) is 239 cm³/mol. The van der Waals surface area contributed by atoms with Crippen LogP contribution in [0.4, 0.5) is 17.1 Å². The zero-order valence-electron chi connectivity index (χ0n) is 31.1. The van der Waals surface area contributed by atoms with Gasteiger partial charge in [0.15, 0.2) is 0 Å². The highest BCUT2D eigenvalue weighted by Crippen LogP contribution is 2.45. The third kappa shape index (κ3) is 5.51. The smallest absolute Gasteiger partial charge is 0.143 e. The maximum absolute atomic E-state index is 6.60. The van der Waals surface area contributed by atoms with E-state index >= 15 is 0 Å². The predicted octanol–water partition coefficient (Wildman–Crippen LogP) is 15.2. The molecule has 0 amide bonds. The molecule has 0 aliphatic heterocycles. The zero-order chi connectivity index (χ0) is 37.7. The number of fused-ring (bicyclic) bond motifs is 6. The van der Waals surface area contributed by atoms with Gasteiger partial charge in [0, 0.05) is 49.6 Å². The molecule has 57 heavy (non-hydrogen) atoms. The zero-order valence-corrected chi connectivity index (χ0v) is 31.1. The van der Waals surface area contributed by atoms with Crippen LogP contribution in [0.3, 0.4) is 0 Å². The second kappa shape index (κ2) is 13.6. The third-order valence-electron chi connectivity index (χ3n) is 11.2. The molecule has 268 valence electrons. The van der Waals surface area contributed by atoms with Gasteiger partial charge in [-0.3, -0.25) is 0 Å². The molecular weight excluding hydrogens is 693 g/mol. The average molecular weight is 729 g/mol. The molecule has 2 heterocycles. The minimum atomic E-state index is 0.895. The van der Waals surface area contributed by atoms with Crippen LogP contribution in [0.1, 0.15) is 0 Å². The van der Waals surface area contributed by atoms with Crippen LogP contribution in [0.15, 0.2) is 223 Å². The van der Waals surface area contributed by atoms with E-state index in [4.69, 9.17) is 4.42 Å². The Kier molecular flexibility index (Phi) is 7.82. The molecule has 11 rings (SSSR count). The van der Waals surface area contributed by atoms with Gasteiger partial charge in [0.1, 0.15) is 11.2 Å². The van der Waals surface area contributed by atoms with Gasteiger partial charge in [-0.1, -0.05) is 170 Å². The van der Waals surface area contributed by atoms with Crippen molar-refractivity contribution in [3.63, 3.8) is 0 Å². The van der Waals surface area contributed by atoms with E-state index < -0.39 is 0 Å². The number of rotatable bonds is 7. The van der Waals surface area contributed by atoms with Crippen molar-refractivity contribution < 1.29 is 4.42 Å². The van der Waals surface area contributed by atoms with Crippen molar-refractivity contribution in [1.82, 2.24) is 4.57 Å². The van der Waals surface area contributed by atoms with E-state index in [0.29, 0.717) is 0 Å². The lowest BCUT2D eigenvalue weighted by molar-refractivity contribution is 0.670. The number of furan rings is 1. The minimum Gasteiger partial charge on any atom is -0.455 e. The van der Waals surface area contributed by atoms with Gasteiger partial charge in [0.05, 0.1) is 22.4 Å². The Morgan fingerprint density at radius 2 is 0.930 bits per heavy atom. The van der Waals surface area contributed by atoms with Crippen LogP contribution in [0, 0.1) is 0 Å². The summed E-state index contributed by atoms with van der Waals surface area (Å²) < 4.78 is 9.04. The highest BCUT2D eigenvalue weighted by Gasteiger charge is 2.22. The SMILES string of the molecule is c1ccc(-c2ccc(N(c3ccc4c5ccccc5n(-c5ccccc5-c5cccc6c5oc5ccccc56)c4c3)c3ccccc3-c3ccccc3)cc2)cc1. The van der Waals surface area contributed by atoms with Crippen molar-refractivity contribution >= 4 is 60.8 Å². The minimum absolute atomic E-state index is 0.895. The fraction of sp³-hybridized carbons (Fsp3) is 0. The van der Waals surface area contributed by atoms with Crippen molar-refractivity contribution in [2.24, 2.45) is 0 Å². The molecule has 0 saturated carbocycles. The van der Waals surface area contributed by atoms with Gasteiger partial charge in [-0.05, 0) is 65.2 Å². The lowest BCUT2D eigenvalue weighted by atomic mass is 10.00. The molecule has 9 aromatic carbocycles. The summed E-state index contributed by atoms with van der Waals surface area (Å²) in [4.78, 5) is 2.40. The normalized spacial score (nSPS) is 11.5. The Hall–Kier alpha value is -7.62. The van der Waals surface area contributed by atoms with Crippen LogP contribution in [-0.4, -0.2) is 4.57 Å². The Morgan fingerprint density at radius 1 is 0.351 bits per heavy atom. The van der Waals surface area contributed by atoms with E-state index in [1.807, 2.05) is 6.07 Å². The summed E-state index contributed by atoms with van der Waals surface area (Å²) in [5.41, 5.74) is 15.3. The third-order valence-corrected chi connectivity index (χ3v) is 11.2. The van der Waals surface area contributed by atoms with Gasteiger partial charge in [0.25, 0.3) is 0 Å². The second-order valence-corrected chi connectivity index (χ2v) is 14.5. The first-order chi connectivity index (χ1) is 28.3. The molecule has 0 fully saturated rings. The van der Waals surface area contributed by atoms with Gasteiger partial charge in [-0.15, -0.1) is 0 Å². The van der Waals surface area contributed by atoms with Gasteiger partial charge in [-0.2, -0.15) is 0 Å². The lowest BCUT2D eigenvalue weighted by Crippen LogP contribution is -2.11. The van der Waals surface area contributed by atoms with Crippen LogP contribution < -0.4 is 4.90 Å². The molecule has 11 aromatic rings. The van der Waals surface area contributed by atoms with Crippen molar-refractivity contribution in [3.05, 3.63) is 218 Å². The maximum Gasteiger partial charge on any atom is 0.143 e. The summed E-state index contributed by atoms with van der Waals surface area (Å²) in [6, 6.07) is 78.1. The number of para-hydroxylation sites is 5. The van der Waals surface area contributed by atoms with Gasteiger partial charge in [0.2, 0.25) is 0 Å². The van der Waals surface area contributed by atoms with Crippen LogP contribution >= 0.6 is 0 Å². The molecular formula is C54H36N2O. The van der Waals surface area contributed by atoms with Gasteiger partial charge < -0.3 is 13.9 Å². The molecule has 3 nitrogen and oxygen atoms in total. The number of hydrogen-bond acceptors (Lipinski definition) is 2. The first-order valence-electron chi connectivity index (χ1n) is 19.4. The molecule has 0 N–H and O–H groups in total. The number of anilines is 3. The topological polar surface area (TPSA) is 21.3 Å². The maximum atomic E-state index is 6.60. The Bertz CT molecular complexity index is 3230. The molecule has 0 spiro atoms. The monoisotopic (exact) mass is 728 g/mol. The van der Waals surface area contributed by atoms with Crippen molar-refractivity contribution in [2.45, 2.75) is 0 Å². The van der Waals surface area contributed by atoms with Crippen molar-refractivity contribution in [3.8, 4) is 39.1 Å². The average Bonchev–Trinajstić information content (AvgIpc) is 3.83. The summed E-state index contributed by atoms with van der Waals surface area (Å²) in [6.07, 6.45) is 0. The highest BCUT2D eigenvalue weighted by atomic mass is 16.3. The Morgan fingerprint density at radius 3 is 1.75 bits per heavy atom. The Labute approximate surface area is 330 Å². The Balaban J connectivity index is 1.15. The fourth-order valence-electron chi connectivity index (χ4n) is 8.60. The van der Waals surface area contributed by atoms with Crippen LogP contribution in [-0.2, 0) is 0 Å². The van der Waals surface area contributed by atoms with Crippen molar-refractivity contribution in [1.29, 1.82) is 0 Å². The van der Waals surface area contributed by atoms with E-state index in [9.17, 15) is 0 Å². The largest absolute Gasteiger partial charge is 0.455 e. The summed E-state index contributed by atoms with van der Waals surface area (Å²) in [6.45, 7) is 0. The van der Waals surface area contributed by atoms with Crippen LogP contribution in [0.2, 0.25) is 0 Å². The van der Waals surface area contributed by atoms with Crippen LogP contribution in [0.25, 0.3) is 82.8 Å². The number of nitrogens with zero attached hydrogens (tertiary/aromatic N) is 2. The molecule has 0 saturated heterocycles. The number of benzene rings is 9. The number of aromatic nitrogens is 1. The molecule has 0 aliphatic carbocycles. The summed E-state index contributed by atoms with van der Waals surface area (Å²) in [7, 11) is 0. The summed E-state index contributed by atoms with van der Waals surface area (Å²) in [5.74, 6) is 0. The molecule has 3 heteroatoms. The molecule has 0 atom stereocenters. The second-order valence-electron chi connectivity index (χ2n) is 14.5. The number of hydrogen-bond donors (Lipinski definition) is 0. The van der Waals surface area contributed by atoms with E-state index in [-0.39, 0.29) is 0 Å². The molecule has 0 aliphatic rings. The molecule has 0 bridgehead atoms. The van der Waals surface area contributed by atoms with E-state index in [1.54, 1.807) is 0 Å². The highest BCUT2D eigenvalue weighted by molar-refractivity contribution is 6.13. The van der Waals surface area contributed by atoms with Gasteiger partial charge in [-0.25, -0.2) is 0 Å². The van der Waals surface area contributed by atoms with Crippen LogP contribution in [0.5, 0.6) is 0 Å². The van der Waals surface area contributed by atoms with Crippen molar-refractivity contribution in [2.75, 3.05) is 4.90 Å². The summed E-state index contributed by atoms with van der Waals surface area (Å²) in [5, 5.41) is 4.65. The fourth-order valence-corrected chi connectivity index (χ4v) is 8.60. The molecule has 0 unspecified atom stereocenters. The van der Waals surface area contributed by atoms with E-state index in [1.165, 1.54) is 27.5 Å². The van der Waals surface area contributed by atoms with Gasteiger partial charge >= 0.3 is 0 Å². The molecule has 2 aromatic heterocycles. The standard InChI is InChI=1S/C54H36N2O/c1-3-16-37(17-4-1)38-30-32-40(33-31-38)55(49-26-11-7-20-42(49)39-18-5-2-6-19-39)41-34-35-45-43-21-8-12-27-50(43)56(52(45)36-41)51-28-13-9-22-44(51)47-24-15-25-48-46-23-10-14-29-53(46)57-54(47)48/h1-36H. The first-order valence-corrected chi connectivity index (χ1v) is 19.4. The van der Waals surface area contributed by atoms with E-state index in [0.717, 1.165) is 72.4 Å². The quantitative estimate of drug-likeness (QED) is 0.163. The lowest BCUT2D eigenvalue weighted by Gasteiger charge is -2.28. The summed E-state index contributed by atoms with van der Waals surface area (Å²) >= 11 is 0. The van der Waals surface area contributed by atoms with E-state index in [2.05, 4.69) is 222 Å². The first kappa shape index (κ1) is 32.8. The molecule has 0 radical (unpaired) electrons.